The van der Waals surface area contributed by atoms with Gasteiger partial charge in [-0.1, -0.05) is 6.92 Å². The van der Waals surface area contributed by atoms with E-state index in [9.17, 15) is 9.59 Å². The lowest BCUT2D eigenvalue weighted by Gasteiger charge is -2.25. The molecule has 2 amide bonds. The van der Waals surface area contributed by atoms with Crippen LogP contribution in [0.4, 0.5) is 4.79 Å². The maximum atomic E-state index is 11.6. The lowest BCUT2D eigenvalue weighted by atomic mass is 10.00. The van der Waals surface area contributed by atoms with Gasteiger partial charge in [-0.05, 0) is 33.1 Å². The van der Waals surface area contributed by atoms with Crippen molar-refractivity contribution in [3.8, 4) is 0 Å². The molecule has 1 aliphatic heterocycles. The van der Waals surface area contributed by atoms with Gasteiger partial charge in [0.25, 0.3) is 0 Å². The maximum Gasteiger partial charge on any atom is 0.329 e. The summed E-state index contributed by atoms with van der Waals surface area (Å²) in [6, 6.07) is -0.468. The average Bonchev–Trinajstić information content (AvgIpc) is 2.72. The number of rotatable bonds is 5. The molecule has 6 heteroatoms. The van der Waals surface area contributed by atoms with Gasteiger partial charge in [-0.3, -0.25) is 0 Å². The molecule has 104 valence electrons. The highest BCUT2D eigenvalue weighted by atomic mass is 16.5. The summed E-state index contributed by atoms with van der Waals surface area (Å²) in [7, 11) is 0. The van der Waals surface area contributed by atoms with Gasteiger partial charge in [-0.2, -0.15) is 0 Å². The van der Waals surface area contributed by atoms with Gasteiger partial charge in [0.15, 0.2) is 0 Å². The molecule has 0 saturated carbocycles. The van der Waals surface area contributed by atoms with Crippen molar-refractivity contribution in [2.45, 2.75) is 57.8 Å². The highest BCUT2D eigenvalue weighted by Gasteiger charge is 2.33. The fourth-order valence-electron chi connectivity index (χ4n) is 1.83. The Labute approximate surface area is 107 Å². The fraction of sp³-hybridized carbons (Fsp3) is 0.833. The molecule has 18 heavy (non-hydrogen) atoms. The summed E-state index contributed by atoms with van der Waals surface area (Å²) in [6.45, 7) is 5.62. The van der Waals surface area contributed by atoms with Crippen LogP contribution >= 0.6 is 0 Å². The molecule has 3 N–H and O–H groups in total. The molecule has 0 aromatic rings. The van der Waals surface area contributed by atoms with E-state index in [1.807, 2.05) is 6.92 Å². The van der Waals surface area contributed by atoms with Crippen LogP contribution in [0, 0.1) is 0 Å². The molecule has 0 radical (unpaired) electrons. The molecule has 1 heterocycles. The molecule has 1 rings (SSSR count). The van der Waals surface area contributed by atoms with E-state index in [0.717, 1.165) is 12.8 Å². The van der Waals surface area contributed by atoms with Crippen LogP contribution in [0.15, 0.2) is 0 Å². The first kappa shape index (κ1) is 14.8. The second kappa shape index (κ2) is 6.04. The van der Waals surface area contributed by atoms with E-state index in [2.05, 4.69) is 10.6 Å². The Balaban J connectivity index is 2.35. The van der Waals surface area contributed by atoms with Crippen LogP contribution < -0.4 is 10.6 Å². The zero-order valence-electron chi connectivity index (χ0n) is 11.2. The lowest BCUT2D eigenvalue weighted by Crippen LogP contribution is -2.55. The van der Waals surface area contributed by atoms with Crippen molar-refractivity contribution in [1.29, 1.82) is 0 Å². The third kappa shape index (κ3) is 3.87. The van der Waals surface area contributed by atoms with Crippen molar-refractivity contribution in [3.63, 3.8) is 0 Å². The molecule has 0 bridgehead atoms. The Morgan fingerprint density at radius 2 is 2.11 bits per heavy atom. The third-order valence-corrected chi connectivity index (χ3v) is 3.38. The van der Waals surface area contributed by atoms with E-state index in [4.69, 9.17) is 9.84 Å². The second-order valence-corrected chi connectivity index (χ2v) is 4.97. The Hall–Kier alpha value is -1.30. The second-order valence-electron chi connectivity index (χ2n) is 4.97. The zero-order chi connectivity index (χ0) is 13.8. The Morgan fingerprint density at radius 3 is 2.56 bits per heavy atom. The van der Waals surface area contributed by atoms with Gasteiger partial charge in [-0.15, -0.1) is 0 Å². The van der Waals surface area contributed by atoms with Gasteiger partial charge in [0.05, 0.1) is 12.2 Å². The summed E-state index contributed by atoms with van der Waals surface area (Å²) in [5, 5.41) is 14.2. The first-order chi connectivity index (χ1) is 8.37. The average molecular weight is 258 g/mol. The zero-order valence-corrected chi connectivity index (χ0v) is 11.2. The van der Waals surface area contributed by atoms with E-state index in [0.29, 0.717) is 13.0 Å². The number of aliphatic carboxylic acids is 1. The molecule has 3 unspecified atom stereocenters. The summed E-state index contributed by atoms with van der Waals surface area (Å²) in [5.74, 6) is -1.04. The molecule has 0 aromatic carbocycles. The number of nitrogens with one attached hydrogen (secondary N) is 2. The quantitative estimate of drug-likeness (QED) is 0.689. The van der Waals surface area contributed by atoms with E-state index < -0.39 is 17.5 Å². The topological polar surface area (TPSA) is 87.7 Å². The predicted molar refractivity (Wildman–Crippen MR) is 66.4 cm³/mol. The molecule has 3 atom stereocenters. The van der Waals surface area contributed by atoms with Gasteiger partial charge in [0.1, 0.15) is 5.54 Å². The minimum atomic E-state index is -1.23. The number of carbonyl (C=O) groups excluding carboxylic acids is 1. The Kier molecular flexibility index (Phi) is 4.95. The largest absolute Gasteiger partial charge is 0.480 e. The van der Waals surface area contributed by atoms with Crippen molar-refractivity contribution in [1.82, 2.24) is 10.6 Å². The summed E-state index contributed by atoms with van der Waals surface area (Å²) in [4.78, 5) is 22.6. The predicted octanol–water partition coefficient (Wildman–Crippen LogP) is 1.11. The van der Waals surface area contributed by atoms with E-state index in [1.165, 1.54) is 6.92 Å². The normalized spacial score (nSPS) is 26.4. The van der Waals surface area contributed by atoms with Crippen LogP contribution in [0.2, 0.25) is 0 Å². The molecular formula is C12H22N2O4. The van der Waals surface area contributed by atoms with Crippen LogP contribution in [0.25, 0.3) is 0 Å². The van der Waals surface area contributed by atoms with Gasteiger partial charge in [-0.25, -0.2) is 9.59 Å². The van der Waals surface area contributed by atoms with E-state index in [-0.39, 0.29) is 12.2 Å². The standard InChI is InChI=1S/C12H22N2O4/c1-4-12(3,10(15)16)14-11(17)13-7-9-6-5-8(2)18-9/h8-9H,4-7H2,1-3H3,(H,15,16)(H2,13,14,17). The molecule has 1 saturated heterocycles. The van der Waals surface area contributed by atoms with Gasteiger partial charge in [0, 0.05) is 6.54 Å². The number of hydrogen-bond donors (Lipinski definition) is 3. The minimum absolute atomic E-state index is 0.0310. The lowest BCUT2D eigenvalue weighted by molar-refractivity contribution is -0.143. The number of hydrogen-bond acceptors (Lipinski definition) is 3. The van der Waals surface area contributed by atoms with Gasteiger partial charge < -0.3 is 20.5 Å². The Bertz CT molecular complexity index is 321. The smallest absolute Gasteiger partial charge is 0.329 e. The number of carboxylic acids is 1. The number of ether oxygens (including phenoxy) is 1. The highest BCUT2D eigenvalue weighted by molar-refractivity contribution is 5.85. The van der Waals surface area contributed by atoms with Crippen LogP contribution in [-0.2, 0) is 9.53 Å². The molecule has 0 spiro atoms. The van der Waals surface area contributed by atoms with E-state index >= 15 is 0 Å². The third-order valence-electron chi connectivity index (χ3n) is 3.38. The summed E-state index contributed by atoms with van der Waals surface area (Å²) < 4.78 is 5.56. The van der Waals surface area contributed by atoms with Crippen molar-refractivity contribution < 1.29 is 19.4 Å². The first-order valence-electron chi connectivity index (χ1n) is 6.32. The van der Waals surface area contributed by atoms with Crippen LogP contribution in [0.1, 0.15) is 40.0 Å². The van der Waals surface area contributed by atoms with Crippen molar-refractivity contribution >= 4 is 12.0 Å². The number of carboxylic acid groups (broad SMARTS) is 1. The molecule has 0 aromatic heterocycles. The first-order valence-corrected chi connectivity index (χ1v) is 6.32. The summed E-state index contributed by atoms with van der Waals surface area (Å²) in [5.41, 5.74) is -1.23. The fourth-order valence-corrected chi connectivity index (χ4v) is 1.83. The summed E-state index contributed by atoms with van der Waals surface area (Å²) >= 11 is 0. The van der Waals surface area contributed by atoms with Crippen molar-refractivity contribution in [2.24, 2.45) is 0 Å². The number of amides is 2. The summed E-state index contributed by atoms with van der Waals surface area (Å²) in [6.07, 6.45) is 2.51. The van der Waals surface area contributed by atoms with Crippen molar-refractivity contribution in [2.75, 3.05) is 6.54 Å². The molecule has 1 fully saturated rings. The van der Waals surface area contributed by atoms with Crippen LogP contribution in [-0.4, -0.2) is 41.4 Å². The number of urea groups is 1. The minimum Gasteiger partial charge on any atom is -0.480 e. The van der Waals surface area contributed by atoms with Crippen LogP contribution in [0.5, 0.6) is 0 Å². The van der Waals surface area contributed by atoms with E-state index in [1.54, 1.807) is 6.92 Å². The highest BCUT2D eigenvalue weighted by Crippen LogP contribution is 2.18. The molecule has 1 aliphatic rings. The van der Waals surface area contributed by atoms with Gasteiger partial charge in [0.2, 0.25) is 0 Å². The monoisotopic (exact) mass is 258 g/mol. The van der Waals surface area contributed by atoms with Gasteiger partial charge >= 0.3 is 12.0 Å². The molecular weight excluding hydrogens is 236 g/mol. The maximum absolute atomic E-state index is 11.6. The molecule has 6 nitrogen and oxygen atoms in total. The Morgan fingerprint density at radius 1 is 1.44 bits per heavy atom. The number of carbonyl (C=O) groups is 2. The van der Waals surface area contributed by atoms with Crippen LogP contribution in [0.3, 0.4) is 0 Å². The SMILES string of the molecule is CCC(C)(NC(=O)NCC1CCC(C)O1)C(=O)O. The van der Waals surface area contributed by atoms with Crippen molar-refractivity contribution in [3.05, 3.63) is 0 Å². The molecule has 0 aliphatic carbocycles.